The molecule has 196 valence electrons. The molecule has 2 heterocycles. The summed E-state index contributed by atoms with van der Waals surface area (Å²) in [5.74, 6) is -0.0466. The maximum atomic E-state index is 13.0. The summed E-state index contributed by atoms with van der Waals surface area (Å²) in [4.78, 5) is 27.2. The lowest BCUT2D eigenvalue weighted by atomic mass is 9.76. The molecular weight excluding hydrogens is 486 g/mol. The molecule has 2 atom stereocenters. The van der Waals surface area contributed by atoms with Crippen LogP contribution < -0.4 is 11.3 Å². The summed E-state index contributed by atoms with van der Waals surface area (Å²) in [5.41, 5.74) is 10.5. The van der Waals surface area contributed by atoms with Gasteiger partial charge in [-0.05, 0) is 86.0 Å². The fourth-order valence-electron chi connectivity index (χ4n) is 5.12. The number of hydrogen-bond acceptors (Lipinski definition) is 4. The average molecular weight is 522 g/mol. The first-order valence-electron chi connectivity index (χ1n) is 12.8. The van der Waals surface area contributed by atoms with Gasteiger partial charge in [0.2, 0.25) is 0 Å². The highest BCUT2D eigenvalue weighted by atomic mass is 35.5. The fourth-order valence-corrected chi connectivity index (χ4v) is 5.44. The predicted molar refractivity (Wildman–Crippen MR) is 149 cm³/mol. The van der Waals surface area contributed by atoms with Gasteiger partial charge >= 0.3 is 6.09 Å². The molecule has 0 aliphatic carbocycles. The van der Waals surface area contributed by atoms with E-state index in [1.165, 1.54) is 5.56 Å². The molecule has 0 radical (unpaired) electrons. The molecule has 1 saturated heterocycles. The smallest absolute Gasteiger partial charge is 0.410 e. The molecule has 6 nitrogen and oxygen atoms in total. The molecule has 1 aliphatic heterocycles. The van der Waals surface area contributed by atoms with Crippen LogP contribution in [0.5, 0.6) is 0 Å². The molecule has 0 spiro atoms. The highest BCUT2D eigenvalue weighted by Gasteiger charge is 2.36. The number of carbonyl (C=O) groups is 1. The average Bonchev–Trinajstić information content (AvgIpc) is 2.85. The van der Waals surface area contributed by atoms with Gasteiger partial charge in [0.05, 0.1) is 0 Å². The van der Waals surface area contributed by atoms with Crippen molar-refractivity contribution in [3.63, 3.8) is 0 Å². The van der Waals surface area contributed by atoms with Gasteiger partial charge in [0.25, 0.3) is 5.56 Å². The molecule has 1 aromatic heterocycles. The summed E-state index contributed by atoms with van der Waals surface area (Å²) in [6.07, 6.45) is 2.96. The van der Waals surface area contributed by atoms with Crippen LogP contribution in [0.15, 0.2) is 65.6 Å². The van der Waals surface area contributed by atoms with Gasteiger partial charge in [-0.15, -0.1) is 0 Å². The van der Waals surface area contributed by atoms with E-state index < -0.39 is 5.60 Å². The second-order valence-corrected chi connectivity index (χ2v) is 11.2. The number of pyridine rings is 1. The van der Waals surface area contributed by atoms with Gasteiger partial charge in [0, 0.05) is 43.3 Å². The van der Waals surface area contributed by atoms with Crippen molar-refractivity contribution in [2.75, 3.05) is 19.6 Å². The van der Waals surface area contributed by atoms with Crippen LogP contribution in [-0.4, -0.2) is 40.8 Å². The first-order valence-corrected chi connectivity index (χ1v) is 13.2. The molecule has 2 N–H and O–H groups in total. The number of rotatable bonds is 5. The van der Waals surface area contributed by atoms with Crippen molar-refractivity contribution in [3.8, 4) is 11.1 Å². The van der Waals surface area contributed by atoms with Gasteiger partial charge in [0.1, 0.15) is 5.60 Å². The number of aryl methyl sites for hydroxylation is 1. The number of piperidine rings is 1. The Bertz CT molecular complexity index is 1330. The van der Waals surface area contributed by atoms with Crippen molar-refractivity contribution in [3.05, 3.63) is 92.9 Å². The van der Waals surface area contributed by atoms with E-state index in [0.29, 0.717) is 31.1 Å². The van der Waals surface area contributed by atoms with E-state index >= 15 is 0 Å². The minimum absolute atomic E-state index is 0.0421. The van der Waals surface area contributed by atoms with Crippen molar-refractivity contribution in [2.24, 2.45) is 12.8 Å². The molecule has 0 bridgehead atoms. The molecule has 3 aromatic rings. The van der Waals surface area contributed by atoms with Gasteiger partial charge in [-0.3, -0.25) is 4.79 Å². The van der Waals surface area contributed by atoms with Crippen LogP contribution >= 0.6 is 11.6 Å². The molecule has 37 heavy (non-hydrogen) atoms. The Hall–Kier alpha value is -3.09. The van der Waals surface area contributed by atoms with Gasteiger partial charge in [-0.2, -0.15) is 0 Å². The van der Waals surface area contributed by atoms with E-state index in [9.17, 15) is 9.59 Å². The van der Waals surface area contributed by atoms with Gasteiger partial charge < -0.3 is 19.9 Å². The number of carbonyl (C=O) groups excluding carboxylic acids is 1. The molecule has 1 amide bonds. The number of aromatic nitrogens is 1. The number of nitrogens with two attached hydrogens (primary N) is 1. The number of benzene rings is 2. The lowest BCUT2D eigenvalue weighted by Gasteiger charge is -2.40. The maximum absolute atomic E-state index is 13.0. The van der Waals surface area contributed by atoms with Crippen LogP contribution in [0.3, 0.4) is 0 Å². The summed E-state index contributed by atoms with van der Waals surface area (Å²) >= 11 is 6.96. The Morgan fingerprint density at radius 3 is 2.54 bits per heavy atom. The van der Waals surface area contributed by atoms with Crippen molar-refractivity contribution in [1.29, 1.82) is 0 Å². The predicted octanol–water partition coefficient (Wildman–Crippen LogP) is 5.72. The number of halogens is 1. The molecule has 7 heteroatoms. The zero-order valence-corrected chi connectivity index (χ0v) is 22.8. The van der Waals surface area contributed by atoms with E-state index in [2.05, 4.69) is 24.3 Å². The molecule has 0 unspecified atom stereocenters. The van der Waals surface area contributed by atoms with E-state index in [0.717, 1.165) is 28.7 Å². The Labute approximate surface area is 224 Å². The standard InChI is InChI=1S/C30H36ClN3O3/c1-30(2,3)37-29(36)34-16-13-24(22-12-15-33(4)28(35)18-22)26(19-34)25-10-9-21(17-27(25)31)23-8-6-5-7-20(23)11-14-32/h5-10,12,15,17-18,24,26H,11,13-14,16,19,32H2,1-4H3/t24-,26+/m1/s1. The SMILES string of the molecule is Cn1ccc([C@H]2CCN(C(=O)OC(C)(C)C)C[C@@H]2c2ccc(-c3ccccc3CCN)cc2Cl)cc1=O. The second kappa shape index (κ2) is 11.1. The molecule has 1 aliphatic rings. The van der Waals surface area contributed by atoms with Crippen LogP contribution in [0.1, 0.15) is 55.7 Å². The van der Waals surface area contributed by atoms with Crippen LogP contribution in [0.2, 0.25) is 5.02 Å². The molecule has 4 rings (SSSR count). The minimum atomic E-state index is -0.578. The third kappa shape index (κ3) is 6.25. The summed E-state index contributed by atoms with van der Waals surface area (Å²) in [7, 11) is 1.74. The molecule has 0 saturated carbocycles. The first kappa shape index (κ1) is 27.0. The Kier molecular flexibility index (Phi) is 8.10. The van der Waals surface area contributed by atoms with Crippen LogP contribution in [0.4, 0.5) is 4.79 Å². The van der Waals surface area contributed by atoms with Crippen molar-refractivity contribution < 1.29 is 9.53 Å². The van der Waals surface area contributed by atoms with E-state index in [-0.39, 0.29) is 23.5 Å². The lowest BCUT2D eigenvalue weighted by molar-refractivity contribution is 0.0184. The summed E-state index contributed by atoms with van der Waals surface area (Å²) in [5, 5.41) is 0.643. The van der Waals surface area contributed by atoms with Crippen LogP contribution in [0, 0.1) is 0 Å². The van der Waals surface area contributed by atoms with Crippen LogP contribution in [-0.2, 0) is 18.2 Å². The van der Waals surface area contributed by atoms with Crippen molar-refractivity contribution >= 4 is 17.7 Å². The third-order valence-electron chi connectivity index (χ3n) is 6.96. The van der Waals surface area contributed by atoms with Gasteiger partial charge in [0.15, 0.2) is 0 Å². The van der Waals surface area contributed by atoms with E-state index in [4.69, 9.17) is 22.1 Å². The Morgan fingerprint density at radius 2 is 1.86 bits per heavy atom. The van der Waals surface area contributed by atoms with E-state index in [1.807, 2.05) is 45.0 Å². The fraction of sp³-hybridized carbons (Fsp3) is 0.400. The lowest BCUT2D eigenvalue weighted by Crippen LogP contribution is -2.44. The summed E-state index contributed by atoms with van der Waals surface area (Å²) < 4.78 is 7.24. The van der Waals surface area contributed by atoms with Crippen molar-refractivity contribution in [1.82, 2.24) is 9.47 Å². The minimum Gasteiger partial charge on any atom is -0.444 e. The largest absolute Gasteiger partial charge is 0.444 e. The van der Waals surface area contributed by atoms with Gasteiger partial charge in [-0.25, -0.2) is 4.79 Å². The first-order chi connectivity index (χ1) is 17.6. The van der Waals surface area contributed by atoms with E-state index in [1.54, 1.807) is 28.8 Å². The number of hydrogen-bond donors (Lipinski definition) is 1. The summed E-state index contributed by atoms with van der Waals surface area (Å²) in [6.45, 7) is 7.18. The van der Waals surface area contributed by atoms with Crippen molar-refractivity contribution in [2.45, 2.75) is 51.0 Å². The second-order valence-electron chi connectivity index (χ2n) is 10.8. The highest BCUT2D eigenvalue weighted by Crippen LogP contribution is 2.43. The number of amides is 1. The zero-order valence-electron chi connectivity index (χ0n) is 22.0. The quantitative estimate of drug-likeness (QED) is 0.466. The molecule has 1 fully saturated rings. The molecule has 2 aromatic carbocycles. The normalized spacial score (nSPS) is 18.1. The van der Waals surface area contributed by atoms with Gasteiger partial charge in [-0.1, -0.05) is 48.0 Å². The monoisotopic (exact) mass is 521 g/mol. The number of likely N-dealkylation sites (tertiary alicyclic amines) is 1. The third-order valence-corrected chi connectivity index (χ3v) is 7.29. The highest BCUT2D eigenvalue weighted by molar-refractivity contribution is 6.31. The Morgan fingerprint density at radius 1 is 1.11 bits per heavy atom. The number of ether oxygens (including phenoxy) is 1. The number of nitrogens with zero attached hydrogens (tertiary/aromatic N) is 2. The zero-order chi connectivity index (χ0) is 26.7. The molecular formula is C30H36ClN3O3. The Balaban J connectivity index is 1.72. The summed E-state index contributed by atoms with van der Waals surface area (Å²) in [6, 6.07) is 18.1. The maximum Gasteiger partial charge on any atom is 0.410 e. The topological polar surface area (TPSA) is 77.6 Å². The van der Waals surface area contributed by atoms with Crippen LogP contribution in [0.25, 0.3) is 11.1 Å².